The van der Waals surface area contributed by atoms with E-state index in [0.29, 0.717) is 6.07 Å². The van der Waals surface area contributed by atoms with Crippen LogP contribution in [0.4, 0.5) is 18.9 Å². The first-order valence-electron chi connectivity index (χ1n) is 9.92. The molecule has 10 heteroatoms. The molecule has 2 bridgehead atoms. The number of carbonyl (C=O) groups is 1. The van der Waals surface area contributed by atoms with Crippen molar-refractivity contribution in [1.82, 2.24) is 4.57 Å². The molecular weight excluding hydrogens is 429 g/mol. The molecule has 3 heterocycles. The third-order valence-electron chi connectivity index (χ3n) is 6.14. The largest absolute Gasteiger partial charge is 0.494 e. The average Bonchev–Trinajstić information content (AvgIpc) is 3.21. The van der Waals surface area contributed by atoms with Gasteiger partial charge in [0.15, 0.2) is 5.69 Å². The van der Waals surface area contributed by atoms with Gasteiger partial charge in [0.2, 0.25) is 11.8 Å². The quantitative estimate of drug-likeness (QED) is 0.514. The fourth-order valence-corrected chi connectivity index (χ4v) is 4.92. The van der Waals surface area contributed by atoms with Crippen LogP contribution in [-0.2, 0) is 31.6 Å². The van der Waals surface area contributed by atoms with Crippen LogP contribution in [0.3, 0.4) is 0 Å². The molecule has 0 aliphatic carbocycles. The van der Waals surface area contributed by atoms with E-state index in [4.69, 9.17) is 16.0 Å². The summed E-state index contributed by atoms with van der Waals surface area (Å²) in [5, 5.41) is 22.0. The van der Waals surface area contributed by atoms with Gasteiger partial charge < -0.3 is 19.7 Å². The molecule has 2 N–H and O–H groups in total. The number of esters is 1. The Balaban J connectivity index is 1.89. The molecule has 32 heavy (non-hydrogen) atoms. The van der Waals surface area contributed by atoms with E-state index in [2.05, 4.69) is 4.85 Å². The van der Waals surface area contributed by atoms with Crippen LogP contribution in [0.15, 0.2) is 18.2 Å². The van der Waals surface area contributed by atoms with Gasteiger partial charge in [0.25, 0.3) is 0 Å². The van der Waals surface area contributed by atoms with Gasteiger partial charge in [-0.1, -0.05) is 6.07 Å². The fourth-order valence-electron chi connectivity index (χ4n) is 4.92. The van der Waals surface area contributed by atoms with Crippen LogP contribution in [0, 0.1) is 12.5 Å². The van der Waals surface area contributed by atoms with Crippen LogP contribution in [0.25, 0.3) is 10.5 Å². The second-order valence-corrected chi connectivity index (χ2v) is 8.73. The summed E-state index contributed by atoms with van der Waals surface area (Å²) in [6.45, 7) is 13.6. The maximum Gasteiger partial charge on any atom is 0.407 e. The third-order valence-corrected chi connectivity index (χ3v) is 6.14. The number of hydrogen-bond acceptors (Lipinski definition) is 5. The molecular formula is C22H21F3N2O5. The Labute approximate surface area is 181 Å². The third kappa shape index (κ3) is 2.88. The summed E-state index contributed by atoms with van der Waals surface area (Å²) in [5.74, 6) is -2.32. The van der Waals surface area contributed by atoms with Gasteiger partial charge in [0, 0.05) is 0 Å². The lowest BCUT2D eigenvalue weighted by molar-refractivity contribution is -0.159. The number of carbonyl (C=O) groups excluding carboxylic acids is 1. The normalized spacial score (nSPS) is 26.3. The van der Waals surface area contributed by atoms with Crippen molar-refractivity contribution in [3.63, 3.8) is 0 Å². The molecule has 0 spiro atoms. The van der Waals surface area contributed by atoms with Crippen molar-refractivity contribution < 1.29 is 37.7 Å². The lowest BCUT2D eigenvalue weighted by atomic mass is 9.72. The molecule has 0 saturated carbocycles. The number of aromatic hydroxyl groups is 2. The number of alkyl halides is 3. The maximum atomic E-state index is 13.4. The molecule has 3 atom stereocenters. The highest BCUT2D eigenvalue weighted by molar-refractivity contribution is 5.78. The highest BCUT2D eigenvalue weighted by atomic mass is 19.4. The summed E-state index contributed by atoms with van der Waals surface area (Å²) in [6.07, 6.45) is -5.00. The molecule has 1 aromatic heterocycles. The molecule has 1 saturated heterocycles. The minimum atomic E-state index is -4.80. The lowest BCUT2D eigenvalue weighted by Crippen LogP contribution is -2.36. The lowest BCUT2D eigenvalue weighted by Gasteiger charge is -2.28. The molecule has 2 aliphatic rings. The van der Waals surface area contributed by atoms with Crippen molar-refractivity contribution in [1.29, 1.82) is 0 Å². The first-order valence-corrected chi connectivity index (χ1v) is 9.92. The number of aromatic nitrogens is 1. The molecule has 1 fully saturated rings. The first-order chi connectivity index (χ1) is 14.7. The summed E-state index contributed by atoms with van der Waals surface area (Å²) >= 11 is 0. The summed E-state index contributed by atoms with van der Waals surface area (Å²) in [6, 6.07) is 2.88. The van der Waals surface area contributed by atoms with E-state index in [-0.39, 0.29) is 29.3 Å². The van der Waals surface area contributed by atoms with Crippen molar-refractivity contribution >= 4 is 11.7 Å². The van der Waals surface area contributed by atoms with E-state index in [1.165, 1.54) is 6.07 Å². The van der Waals surface area contributed by atoms with Crippen LogP contribution in [0.1, 0.15) is 50.8 Å². The van der Waals surface area contributed by atoms with E-state index in [9.17, 15) is 28.2 Å². The topological polar surface area (TPSA) is 85.3 Å². The standard InChI is InChI=1S/C22H21F3N2O5/c1-10(2)31-19(30)13-9-20(3)15-16(21(13,4)32-20)18(29)27(17(15)28)11-6-7-14(26-5)12(8-11)22(23,24)25/h6-8,10,13,28-29H,9H2,1-4H3/t13-,20?,21?/m0/s1. The zero-order valence-electron chi connectivity index (χ0n) is 17.7. The molecule has 4 rings (SSSR count). The molecule has 2 unspecified atom stereocenters. The van der Waals surface area contributed by atoms with E-state index in [0.717, 1.165) is 10.6 Å². The van der Waals surface area contributed by atoms with E-state index < -0.39 is 52.3 Å². The van der Waals surface area contributed by atoms with Gasteiger partial charge >= 0.3 is 12.1 Å². The Morgan fingerprint density at radius 2 is 1.91 bits per heavy atom. The van der Waals surface area contributed by atoms with Crippen molar-refractivity contribution in [3.05, 3.63) is 46.3 Å². The number of hydrogen-bond donors (Lipinski definition) is 2. The van der Waals surface area contributed by atoms with Crippen molar-refractivity contribution in [2.75, 3.05) is 0 Å². The maximum absolute atomic E-state index is 13.4. The summed E-state index contributed by atoms with van der Waals surface area (Å²) in [7, 11) is 0. The Morgan fingerprint density at radius 3 is 2.47 bits per heavy atom. The molecule has 2 aromatic rings. The Hall–Kier alpha value is -3.19. The van der Waals surface area contributed by atoms with Crippen LogP contribution < -0.4 is 0 Å². The number of fused-ring (bicyclic) bond motifs is 5. The molecule has 2 aliphatic heterocycles. The zero-order valence-corrected chi connectivity index (χ0v) is 17.7. The summed E-state index contributed by atoms with van der Waals surface area (Å²) in [4.78, 5) is 15.6. The highest BCUT2D eigenvalue weighted by Gasteiger charge is 2.66. The van der Waals surface area contributed by atoms with Crippen LogP contribution in [0.5, 0.6) is 11.8 Å². The highest BCUT2D eigenvalue weighted by Crippen LogP contribution is 2.66. The van der Waals surface area contributed by atoms with E-state index in [1.807, 2.05) is 0 Å². The molecule has 0 radical (unpaired) electrons. The van der Waals surface area contributed by atoms with Crippen LogP contribution in [0.2, 0.25) is 0 Å². The predicted molar refractivity (Wildman–Crippen MR) is 105 cm³/mol. The SMILES string of the molecule is [C-]#[N+]c1ccc(-n2c(O)c3c(c2O)C2(C)OC3(C)C[C@H]2C(=O)OC(C)C)cc1C(F)(F)F. The average molecular weight is 450 g/mol. The summed E-state index contributed by atoms with van der Waals surface area (Å²) in [5.41, 5.74) is -4.10. The Kier molecular flexibility index (Phi) is 4.58. The molecule has 1 aromatic carbocycles. The van der Waals surface area contributed by atoms with E-state index >= 15 is 0 Å². The second kappa shape index (κ2) is 6.65. The van der Waals surface area contributed by atoms with Crippen molar-refractivity contribution in [3.8, 4) is 17.4 Å². The first kappa shape index (κ1) is 22.0. The Morgan fingerprint density at radius 1 is 1.28 bits per heavy atom. The smallest absolute Gasteiger partial charge is 0.407 e. The zero-order chi connectivity index (χ0) is 23.8. The minimum absolute atomic E-state index is 0.136. The van der Waals surface area contributed by atoms with Gasteiger partial charge in [-0.3, -0.25) is 9.36 Å². The van der Waals surface area contributed by atoms with Crippen LogP contribution in [-0.4, -0.2) is 26.9 Å². The number of rotatable bonds is 3. The molecule has 170 valence electrons. The Bertz CT molecular complexity index is 1180. The molecule has 0 amide bonds. The van der Waals surface area contributed by atoms with Gasteiger partial charge in [-0.15, -0.1) is 0 Å². The van der Waals surface area contributed by atoms with Gasteiger partial charge in [0.1, 0.15) is 5.60 Å². The van der Waals surface area contributed by atoms with E-state index in [1.54, 1.807) is 27.7 Å². The van der Waals surface area contributed by atoms with Gasteiger partial charge in [-0.05, 0) is 46.2 Å². The monoisotopic (exact) mass is 450 g/mol. The predicted octanol–water partition coefficient (Wildman–Crippen LogP) is 4.89. The molecule has 7 nitrogen and oxygen atoms in total. The van der Waals surface area contributed by atoms with Gasteiger partial charge in [-0.25, -0.2) is 4.85 Å². The van der Waals surface area contributed by atoms with Gasteiger partial charge in [-0.2, -0.15) is 13.2 Å². The number of benzene rings is 1. The van der Waals surface area contributed by atoms with Gasteiger partial charge in [0.05, 0.1) is 46.6 Å². The van der Waals surface area contributed by atoms with Crippen LogP contribution >= 0.6 is 0 Å². The number of nitrogens with zero attached hydrogens (tertiary/aromatic N) is 2. The fraction of sp³-hybridized carbons (Fsp3) is 0.455. The van der Waals surface area contributed by atoms with Crippen molar-refractivity contribution in [2.24, 2.45) is 5.92 Å². The minimum Gasteiger partial charge on any atom is -0.494 e. The summed E-state index contributed by atoms with van der Waals surface area (Å²) < 4.78 is 52.6. The number of ether oxygens (including phenoxy) is 2. The second-order valence-electron chi connectivity index (χ2n) is 8.73. The number of halogens is 3. The van der Waals surface area contributed by atoms with Crippen molar-refractivity contribution in [2.45, 2.75) is 57.6 Å².